The second kappa shape index (κ2) is 9.03. The van der Waals surface area contributed by atoms with Crippen LogP contribution in [0.1, 0.15) is 10.4 Å². The lowest BCUT2D eigenvalue weighted by Crippen LogP contribution is -2.21. The molecule has 0 spiro atoms. The number of thioether (sulfide) groups is 1. The molecule has 9 heteroatoms. The van der Waals surface area contributed by atoms with E-state index in [0.717, 1.165) is 20.8 Å². The maximum atomic E-state index is 12.0. The second-order valence-electron chi connectivity index (χ2n) is 5.87. The first-order valence-electron chi connectivity index (χ1n) is 8.41. The number of aromatic nitrogens is 2. The molecule has 0 aliphatic rings. The van der Waals surface area contributed by atoms with E-state index in [2.05, 4.69) is 15.3 Å². The number of fused-ring (bicyclic) bond motifs is 1. The predicted octanol–water partition coefficient (Wildman–Crippen LogP) is 3.59. The molecular formula is C19H19N3O4S2. The number of hydrogen-bond donors (Lipinski definition) is 1. The highest BCUT2D eigenvalue weighted by atomic mass is 32.2. The van der Waals surface area contributed by atoms with E-state index in [0.29, 0.717) is 11.4 Å². The molecule has 0 fully saturated rings. The van der Waals surface area contributed by atoms with Gasteiger partial charge in [-0.1, -0.05) is 11.8 Å². The smallest absolute Gasteiger partial charge is 0.316 e. The number of ether oxygens (including phenoxy) is 2. The zero-order valence-electron chi connectivity index (χ0n) is 15.6. The highest BCUT2D eigenvalue weighted by Gasteiger charge is 2.15. The minimum absolute atomic E-state index is 0.0657. The fourth-order valence-corrected chi connectivity index (χ4v) is 4.36. The molecule has 0 bridgehead atoms. The van der Waals surface area contributed by atoms with Crippen LogP contribution in [0.2, 0.25) is 0 Å². The molecule has 3 aromatic rings. The average molecular weight is 418 g/mol. The lowest BCUT2D eigenvalue weighted by Gasteiger charge is -2.07. The normalized spacial score (nSPS) is 10.7. The van der Waals surface area contributed by atoms with Crippen LogP contribution in [-0.4, -0.2) is 41.3 Å². The summed E-state index contributed by atoms with van der Waals surface area (Å²) in [5.74, 6) is -0.129. The highest BCUT2D eigenvalue weighted by molar-refractivity contribution is 8.00. The topological polar surface area (TPSA) is 90.4 Å². The largest absolute Gasteiger partial charge is 0.497 e. The van der Waals surface area contributed by atoms with Crippen molar-refractivity contribution >= 4 is 50.9 Å². The molecule has 146 valence electrons. The van der Waals surface area contributed by atoms with Gasteiger partial charge in [-0.15, -0.1) is 11.3 Å². The number of hydrogen-bond acceptors (Lipinski definition) is 8. The third-order valence-electron chi connectivity index (χ3n) is 4.00. The Bertz CT molecular complexity index is 1000. The molecule has 1 amide bonds. The first-order chi connectivity index (χ1) is 13.5. The van der Waals surface area contributed by atoms with Gasteiger partial charge in [-0.2, -0.15) is 0 Å². The number of carbonyl (C=O) groups is 2. The van der Waals surface area contributed by atoms with Gasteiger partial charge >= 0.3 is 5.97 Å². The number of amides is 1. The van der Waals surface area contributed by atoms with Gasteiger partial charge in [-0.25, -0.2) is 9.97 Å². The van der Waals surface area contributed by atoms with Gasteiger partial charge in [0.2, 0.25) is 0 Å². The van der Waals surface area contributed by atoms with Crippen molar-refractivity contribution in [3.8, 4) is 5.75 Å². The molecule has 2 aromatic heterocycles. The SMILES string of the molecule is COc1ccc(NC(=O)COC(=O)CSc2ncnc3sc(C)c(C)c23)cc1. The zero-order valence-corrected chi connectivity index (χ0v) is 17.3. The number of nitrogens with zero attached hydrogens (tertiary/aromatic N) is 2. The third kappa shape index (κ3) is 4.79. The van der Waals surface area contributed by atoms with Crippen LogP contribution in [0.25, 0.3) is 10.2 Å². The molecule has 1 aromatic carbocycles. The number of thiophene rings is 1. The van der Waals surface area contributed by atoms with Crippen LogP contribution in [0.5, 0.6) is 5.75 Å². The molecule has 0 saturated heterocycles. The predicted molar refractivity (Wildman–Crippen MR) is 110 cm³/mol. The van der Waals surface area contributed by atoms with Crippen LogP contribution < -0.4 is 10.1 Å². The lowest BCUT2D eigenvalue weighted by atomic mass is 10.2. The molecular weight excluding hydrogens is 398 g/mol. The summed E-state index contributed by atoms with van der Waals surface area (Å²) in [7, 11) is 1.57. The van der Waals surface area contributed by atoms with Crippen molar-refractivity contribution in [2.45, 2.75) is 18.9 Å². The molecule has 2 heterocycles. The van der Waals surface area contributed by atoms with E-state index in [1.807, 2.05) is 13.8 Å². The third-order valence-corrected chi connectivity index (χ3v) is 6.07. The number of benzene rings is 1. The van der Waals surface area contributed by atoms with E-state index < -0.39 is 11.9 Å². The lowest BCUT2D eigenvalue weighted by molar-refractivity contribution is -0.144. The molecule has 0 unspecified atom stereocenters. The molecule has 7 nitrogen and oxygen atoms in total. The van der Waals surface area contributed by atoms with Crippen LogP contribution in [0.4, 0.5) is 5.69 Å². The Labute approximate surface area is 170 Å². The Morgan fingerprint density at radius 1 is 1.18 bits per heavy atom. The van der Waals surface area contributed by atoms with Gasteiger partial charge in [0.25, 0.3) is 5.91 Å². The summed E-state index contributed by atoms with van der Waals surface area (Å²) in [6, 6.07) is 6.88. The highest BCUT2D eigenvalue weighted by Crippen LogP contribution is 2.34. The minimum atomic E-state index is -0.480. The van der Waals surface area contributed by atoms with Crippen molar-refractivity contribution in [3.63, 3.8) is 0 Å². The maximum absolute atomic E-state index is 12.0. The summed E-state index contributed by atoms with van der Waals surface area (Å²) < 4.78 is 10.1. The number of carbonyl (C=O) groups excluding carboxylic acids is 2. The molecule has 28 heavy (non-hydrogen) atoms. The molecule has 0 aliphatic heterocycles. The Morgan fingerprint density at radius 2 is 1.93 bits per heavy atom. The van der Waals surface area contributed by atoms with Gasteiger partial charge in [0.05, 0.1) is 12.9 Å². The summed E-state index contributed by atoms with van der Waals surface area (Å²) in [6.45, 7) is 3.70. The molecule has 0 atom stereocenters. The minimum Gasteiger partial charge on any atom is -0.497 e. The van der Waals surface area contributed by atoms with Gasteiger partial charge in [0, 0.05) is 16.0 Å². The van der Waals surface area contributed by atoms with Gasteiger partial charge in [0.1, 0.15) is 21.9 Å². The Hall–Kier alpha value is -2.65. The van der Waals surface area contributed by atoms with E-state index in [4.69, 9.17) is 9.47 Å². The van der Waals surface area contributed by atoms with Crippen LogP contribution in [0.3, 0.4) is 0 Å². The monoisotopic (exact) mass is 417 g/mol. The van der Waals surface area contributed by atoms with Crippen LogP contribution in [0, 0.1) is 13.8 Å². The number of aryl methyl sites for hydroxylation is 2. The number of esters is 1. The van der Waals surface area contributed by atoms with E-state index >= 15 is 0 Å². The summed E-state index contributed by atoms with van der Waals surface area (Å²) in [5.41, 5.74) is 1.72. The Morgan fingerprint density at radius 3 is 2.64 bits per heavy atom. The first-order valence-corrected chi connectivity index (χ1v) is 10.2. The van der Waals surface area contributed by atoms with Gasteiger partial charge < -0.3 is 14.8 Å². The standard InChI is InChI=1S/C19H19N3O4S2/c1-11-12(2)28-19-17(11)18(20-10-21-19)27-9-16(24)26-8-15(23)22-13-4-6-14(25-3)7-5-13/h4-7,10H,8-9H2,1-3H3,(H,22,23). The van der Waals surface area contributed by atoms with Crippen LogP contribution in [0.15, 0.2) is 35.6 Å². The molecule has 1 N–H and O–H groups in total. The quantitative estimate of drug-likeness (QED) is 0.357. The maximum Gasteiger partial charge on any atom is 0.316 e. The Kier molecular flexibility index (Phi) is 6.48. The second-order valence-corrected chi connectivity index (χ2v) is 8.04. The van der Waals surface area contributed by atoms with Gasteiger partial charge in [-0.3, -0.25) is 9.59 Å². The van der Waals surface area contributed by atoms with Crippen molar-refractivity contribution in [1.82, 2.24) is 9.97 Å². The van der Waals surface area contributed by atoms with E-state index in [1.54, 1.807) is 42.7 Å². The zero-order chi connectivity index (χ0) is 20.1. The number of methoxy groups -OCH3 is 1. The van der Waals surface area contributed by atoms with Crippen LogP contribution >= 0.6 is 23.1 Å². The molecule has 0 aliphatic carbocycles. The first kappa shape index (κ1) is 20.1. The van der Waals surface area contributed by atoms with Crippen molar-refractivity contribution in [2.24, 2.45) is 0 Å². The number of anilines is 1. The molecule has 3 rings (SSSR count). The van der Waals surface area contributed by atoms with Crippen molar-refractivity contribution in [2.75, 3.05) is 24.8 Å². The van der Waals surface area contributed by atoms with Gasteiger partial charge in [-0.05, 0) is 43.7 Å². The fourth-order valence-electron chi connectivity index (χ4n) is 2.45. The number of nitrogens with one attached hydrogen (secondary N) is 1. The summed E-state index contributed by atoms with van der Waals surface area (Å²) >= 11 is 2.88. The molecule has 0 radical (unpaired) electrons. The van der Waals surface area contributed by atoms with Crippen molar-refractivity contribution in [3.05, 3.63) is 41.0 Å². The Balaban J connectivity index is 1.50. The summed E-state index contributed by atoms with van der Waals surface area (Å²) in [6.07, 6.45) is 1.49. The fraction of sp³-hybridized carbons (Fsp3) is 0.263. The van der Waals surface area contributed by atoms with E-state index in [-0.39, 0.29) is 12.4 Å². The summed E-state index contributed by atoms with van der Waals surface area (Å²) in [5, 5.41) is 4.37. The van der Waals surface area contributed by atoms with E-state index in [1.165, 1.54) is 23.0 Å². The summed E-state index contributed by atoms with van der Waals surface area (Å²) in [4.78, 5) is 34.6. The van der Waals surface area contributed by atoms with E-state index in [9.17, 15) is 9.59 Å². The molecule has 0 saturated carbocycles. The van der Waals surface area contributed by atoms with Crippen molar-refractivity contribution in [1.29, 1.82) is 0 Å². The van der Waals surface area contributed by atoms with Gasteiger partial charge in [0.15, 0.2) is 6.61 Å². The van der Waals surface area contributed by atoms with Crippen LogP contribution in [-0.2, 0) is 14.3 Å². The van der Waals surface area contributed by atoms with Crippen molar-refractivity contribution < 1.29 is 19.1 Å². The number of rotatable bonds is 7. The average Bonchev–Trinajstić information content (AvgIpc) is 2.99.